The second-order valence-electron chi connectivity index (χ2n) is 6.09. The van der Waals surface area contributed by atoms with Gasteiger partial charge in [0.2, 0.25) is 0 Å². The highest BCUT2D eigenvalue weighted by molar-refractivity contribution is 5.97. The number of nitrogens with one attached hydrogen (secondary N) is 1. The van der Waals surface area contributed by atoms with Crippen molar-refractivity contribution in [1.29, 1.82) is 0 Å². The number of carbonyl (C=O) groups is 2. The van der Waals surface area contributed by atoms with Crippen molar-refractivity contribution in [3.05, 3.63) is 17.2 Å². The van der Waals surface area contributed by atoms with Crippen LogP contribution in [-0.4, -0.2) is 45.9 Å². The zero-order valence-electron chi connectivity index (χ0n) is 13.2. The Hall–Kier alpha value is -1.85. The molecule has 0 aliphatic carbocycles. The fourth-order valence-corrected chi connectivity index (χ4v) is 3.28. The van der Waals surface area contributed by atoms with Crippen molar-refractivity contribution in [3.8, 4) is 0 Å². The van der Waals surface area contributed by atoms with Gasteiger partial charge in [0.15, 0.2) is 5.82 Å². The van der Waals surface area contributed by atoms with E-state index in [1.54, 1.807) is 0 Å². The van der Waals surface area contributed by atoms with Gasteiger partial charge in [-0.05, 0) is 38.5 Å². The summed E-state index contributed by atoms with van der Waals surface area (Å²) in [5.41, 5.74) is 1.45. The van der Waals surface area contributed by atoms with Gasteiger partial charge in [0, 0.05) is 26.2 Å². The van der Waals surface area contributed by atoms with Crippen LogP contribution in [0.3, 0.4) is 0 Å². The van der Waals surface area contributed by atoms with E-state index in [4.69, 9.17) is 0 Å². The number of likely N-dealkylation sites (tertiary alicyclic amines) is 1. The summed E-state index contributed by atoms with van der Waals surface area (Å²) in [7, 11) is 0. The number of hydrogen-bond donors (Lipinski definition) is 1. The molecule has 0 radical (unpaired) electrons. The number of rotatable bonds is 4. The Kier molecular flexibility index (Phi) is 4.45. The van der Waals surface area contributed by atoms with Gasteiger partial charge in [0.1, 0.15) is 5.69 Å². The topological polar surface area (TPSA) is 67.2 Å². The summed E-state index contributed by atoms with van der Waals surface area (Å²) in [6.45, 7) is 5.05. The van der Waals surface area contributed by atoms with Crippen LogP contribution in [0.4, 0.5) is 0 Å². The lowest BCUT2D eigenvalue weighted by Crippen LogP contribution is -2.29. The van der Waals surface area contributed by atoms with Crippen molar-refractivity contribution in [1.82, 2.24) is 19.8 Å². The van der Waals surface area contributed by atoms with Gasteiger partial charge in [-0.3, -0.25) is 9.59 Å². The minimum absolute atomic E-state index is 0.00214. The Morgan fingerprint density at radius 1 is 1.14 bits per heavy atom. The van der Waals surface area contributed by atoms with Crippen molar-refractivity contribution >= 4 is 11.8 Å². The summed E-state index contributed by atoms with van der Waals surface area (Å²) >= 11 is 0. The van der Waals surface area contributed by atoms with Gasteiger partial charge in [-0.2, -0.15) is 0 Å². The largest absolute Gasteiger partial charge is 0.349 e. The van der Waals surface area contributed by atoms with Gasteiger partial charge >= 0.3 is 0 Å². The molecular weight excluding hydrogens is 280 g/mol. The van der Waals surface area contributed by atoms with E-state index in [2.05, 4.69) is 10.3 Å². The first-order chi connectivity index (χ1) is 10.7. The van der Waals surface area contributed by atoms with Crippen molar-refractivity contribution < 1.29 is 9.59 Å². The van der Waals surface area contributed by atoms with Crippen molar-refractivity contribution in [2.75, 3.05) is 19.6 Å². The van der Waals surface area contributed by atoms with Crippen LogP contribution in [-0.2, 0) is 13.0 Å². The summed E-state index contributed by atoms with van der Waals surface area (Å²) < 4.78 is 1.96. The maximum atomic E-state index is 12.7. The first-order valence-electron chi connectivity index (χ1n) is 8.39. The highest BCUT2D eigenvalue weighted by Gasteiger charge is 2.30. The molecule has 2 amide bonds. The smallest absolute Gasteiger partial charge is 0.287 e. The van der Waals surface area contributed by atoms with E-state index >= 15 is 0 Å². The Morgan fingerprint density at radius 2 is 1.86 bits per heavy atom. The molecule has 2 aliphatic rings. The average molecular weight is 304 g/mol. The summed E-state index contributed by atoms with van der Waals surface area (Å²) in [5, 5.41) is 2.87. The first-order valence-corrected chi connectivity index (χ1v) is 8.39. The summed E-state index contributed by atoms with van der Waals surface area (Å²) in [6, 6.07) is 0. The fourth-order valence-electron chi connectivity index (χ4n) is 3.28. The molecule has 6 nitrogen and oxygen atoms in total. The second kappa shape index (κ2) is 6.50. The molecule has 1 saturated heterocycles. The van der Waals surface area contributed by atoms with Crippen LogP contribution in [0.5, 0.6) is 0 Å². The quantitative estimate of drug-likeness (QED) is 0.918. The van der Waals surface area contributed by atoms with Crippen molar-refractivity contribution in [2.24, 2.45) is 0 Å². The van der Waals surface area contributed by atoms with Gasteiger partial charge in [-0.15, -0.1) is 0 Å². The van der Waals surface area contributed by atoms with Crippen LogP contribution in [0.1, 0.15) is 65.8 Å². The maximum absolute atomic E-state index is 12.7. The molecule has 3 rings (SSSR count). The lowest BCUT2D eigenvalue weighted by atomic mass is 10.1. The number of carbonyl (C=O) groups excluding carboxylic acids is 2. The molecule has 22 heavy (non-hydrogen) atoms. The molecular formula is C16H24N4O2. The van der Waals surface area contributed by atoms with Gasteiger partial charge in [0.25, 0.3) is 11.8 Å². The summed E-state index contributed by atoms with van der Waals surface area (Å²) in [4.78, 5) is 31.3. The van der Waals surface area contributed by atoms with Crippen LogP contribution >= 0.6 is 0 Å². The molecule has 120 valence electrons. The average Bonchev–Trinajstić information content (AvgIpc) is 3.19. The minimum Gasteiger partial charge on any atom is -0.349 e. The van der Waals surface area contributed by atoms with Gasteiger partial charge < -0.3 is 14.8 Å². The molecule has 1 aromatic rings. The number of imidazole rings is 1. The number of aromatic nitrogens is 2. The highest BCUT2D eigenvalue weighted by atomic mass is 16.2. The highest BCUT2D eigenvalue weighted by Crippen LogP contribution is 2.23. The van der Waals surface area contributed by atoms with E-state index in [0.717, 1.165) is 63.9 Å². The van der Waals surface area contributed by atoms with Crippen molar-refractivity contribution in [3.63, 3.8) is 0 Å². The molecule has 0 atom stereocenters. The molecule has 2 aliphatic heterocycles. The van der Waals surface area contributed by atoms with Gasteiger partial charge in [-0.1, -0.05) is 6.92 Å². The molecule has 0 bridgehead atoms. The summed E-state index contributed by atoms with van der Waals surface area (Å²) in [5.74, 6) is 0.244. The summed E-state index contributed by atoms with van der Waals surface area (Å²) in [6.07, 6.45) is 5.94. The van der Waals surface area contributed by atoms with Crippen LogP contribution in [0.25, 0.3) is 0 Å². The molecule has 0 saturated carbocycles. The van der Waals surface area contributed by atoms with Crippen LogP contribution < -0.4 is 5.32 Å². The molecule has 1 fully saturated rings. The lowest BCUT2D eigenvalue weighted by Gasteiger charge is -2.18. The van der Waals surface area contributed by atoms with Gasteiger partial charge in [-0.25, -0.2) is 4.98 Å². The fraction of sp³-hybridized carbons (Fsp3) is 0.688. The third kappa shape index (κ3) is 2.74. The monoisotopic (exact) mass is 304 g/mol. The number of hydrogen-bond acceptors (Lipinski definition) is 3. The molecule has 0 spiro atoms. The normalized spacial score (nSPS) is 17.4. The number of fused-ring (bicyclic) bond motifs is 1. The third-order valence-electron chi connectivity index (χ3n) is 4.45. The SMILES string of the molecule is CCCNC(=O)c1nc(C(=O)N2CCCC2)c2n1CCCC2. The standard InChI is InChI=1S/C16H24N4O2/c1-2-8-17-15(21)14-18-13(12-7-3-4-11-20(12)14)16(22)19-9-5-6-10-19/h2-11H2,1H3,(H,17,21). The van der Waals surface area contributed by atoms with E-state index in [-0.39, 0.29) is 11.8 Å². The zero-order chi connectivity index (χ0) is 15.5. The molecule has 6 heteroatoms. The first kappa shape index (κ1) is 15.1. The van der Waals surface area contributed by atoms with E-state index in [1.807, 2.05) is 16.4 Å². The van der Waals surface area contributed by atoms with Crippen LogP contribution in [0.2, 0.25) is 0 Å². The van der Waals surface area contributed by atoms with Crippen LogP contribution in [0, 0.1) is 0 Å². The molecule has 1 aromatic heterocycles. The van der Waals surface area contributed by atoms with E-state index < -0.39 is 0 Å². The van der Waals surface area contributed by atoms with Crippen molar-refractivity contribution in [2.45, 2.75) is 52.0 Å². The number of amides is 2. The maximum Gasteiger partial charge on any atom is 0.287 e. The predicted molar refractivity (Wildman–Crippen MR) is 82.9 cm³/mol. The Labute approximate surface area is 130 Å². The third-order valence-corrected chi connectivity index (χ3v) is 4.45. The zero-order valence-corrected chi connectivity index (χ0v) is 13.2. The molecule has 3 heterocycles. The number of nitrogens with zero attached hydrogens (tertiary/aromatic N) is 3. The van der Waals surface area contributed by atoms with Gasteiger partial charge in [0.05, 0.1) is 5.69 Å². The molecule has 0 aromatic carbocycles. The Morgan fingerprint density at radius 3 is 2.59 bits per heavy atom. The Bertz CT molecular complexity index is 573. The lowest BCUT2D eigenvalue weighted by molar-refractivity contribution is 0.0786. The van der Waals surface area contributed by atoms with Crippen LogP contribution in [0.15, 0.2) is 0 Å². The molecule has 0 unspecified atom stereocenters. The predicted octanol–water partition coefficient (Wildman–Crippen LogP) is 1.60. The molecule has 1 N–H and O–H groups in total. The Balaban J connectivity index is 1.91. The second-order valence-corrected chi connectivity index (χ2v) is 6.09. The van der Waals surface area contributed by atoms with E-state index in [9.17, 15) is 9.59 Å². The van der Waals surface area contributed by atoms with E-state index in [0.29, 0.717) is 18.1 Å². The minimum atomic E-state index is -0.162. The van der Waals surface area contributed by atoms with E-state index in [1.165, 1.54) is 0 Å².